The monoisotopic (exact) mass is 404 g/mol. The summed E-state index contributed by atoms with van der Waals surface area (Å²) < 4.78 is 0. The van der Waals surface area contributed by atoms with Crippen molar-refractivity contribution in [3.8, 4) is 0 Å². The summed E-state index contributed by atoms with van der Waals surface area (Å²) in [5.41, 5.74) is 1.13. The van der Waals surface area contributed by atoms with Crippen molar-refractivity contribution in [3.05, 3.63) is 11.6 Å². The summed E-state index contributed by atoms with van der Waals surface area (Å²) in [6, 6.07) is 0. The first-order valence-corrected chi connectivity index (χ1v) is 12.2. The predicted octanol–water partition coefficient (Wildman–Crippen LogP) is 5.08. The van der Waals surface area contributed by atoms with E-state index in [-0.39, 0.29) is 23.0 Å². The van der Waals surface area contributed by atoms with Gasteiger partial charge in [-0.25, -0.2) is 0 Å². The molecule has 3 fully saturated rings. The number of rotatable bonds is 4. The van der Waals surface area contributed by atoms with E-state index < -0.39 is 5.60 Å². The maximum absolute atomic E-state index is 11.5. The lowest BCUT2D eigenvalue weighted by molar-refractivity contribution is -0.130. The molecule has 4 aliphatic rings. The summed E-state index contributed by atoms with van der Waals surface area (Å²) in [5, 5.41) is 31.9. The van der Waals surface area contributed by atoms with Crippen LogP contribution in [0.3, 0.4) is 0 Å². The average molecular weight is 405 g/mol. The Hall–Kier alpha value is -0.380. The molecule has 0 aromatic rings. The van der Waals surface area contributed by atoms with Crippen molar-refractivity contribution in [3.63, 3.8) is 0 Å². The lowest BCUT2D eigenvalue weighted by Gasteiger charge is -2.60. The van der Waals surface area contributed by atoms with Gasteiger partial charge in [-0.1, -0.05) is 32.4 Å². The molecule has 0 aromatic heterocycles. The van der Waals surface area contributed by atoms with Crippen molar-refractivity contribution in [2.24, 2.45) is 40.4 Å². The summed E-state index contributed by atoms with van der Waals surface area (Å²) in [6.45, 7) is 11.1. The molecular weight excluding hydrogens is 360 g/mol. The fourth-order valence-corrected chi connectivity index (χ4v) is 8.53. The van der Waals surface area contributed by atoms with Crippen LogP contribution in [-0.2, 0) is 0 Å². The minimum absolute atomic E-state index is 0.0769. The zero-order chi connectivity index (χ0) is 21.2. The molecule has 0 aliphatic heterocycles. The molecule has 166 valence electrons. The van der Waals surface area contributed by atoms with Crippen molar-refractivity contribution in [2.45, 2.75) is 110 Å². The van der Waals surface area contributed by atoms with Crippen LogP contribution in [0, 0.1) is 40.4 Å². The molecular formula is C26H44O3. The first kappa shape index (κ1) is 21.8. The SMILES string of the molecule is C[C@H](CCC(C)(C)O)[C@H]1CCC2[C@@H]3CC=C4C[C@@H](O)CC[C@]4(C)[C@H]3[C@@H](O)C[C@@]21C. The highest BCUT2D eigenvalue weighted by atomic mass is 16.3. The second-order valence-corrected chi connectivity index (χ2v) is 12.4. The van der Waals surface area contributed by atoms with Crippen LogP contribution in [0.25, 0.3) is 0 Å². The first-order chi connectivity index (χ1) is 13.5. The summed E-state index contributed by atoms with van der Waals surface area (Å²) in [4.78, 5) is 0. The Morgan fingerprint density at radius 3 is 2.59 bits per heavy atom. The number of aliphatic hydroxyl groups is 3. The van der Waals surface area contributed by atoms with Crippen LogP contribution in [-0.4, -0.2) is 33.1 Å². The average Bonchev–Trinajstić information content (AvgIpc) is 2.96. The third-order valence-electron chi connectivity index (χ3n) is 9.98. The van der Waals surface area contributed by atoms with Gasteiger partial charge in [0.2, 0.25) is 0 Å². The molecule has 9 atom stereocenters. The van der Waals surface area contributed by atoms with E-state index in [9.17, 15) is 15.3 Å². The van der Waals surface area contributed by atoms with Gasteiger partial charge in [0.05, 0.1) is 17.8 Å². The summed E-state index contributed by atoms with van der Waals surface area (Å²) in [6.07, 6.45) is 11.3. The smallest absolute Gasteiger partial charge is 0.0591 e. The molecule has 3 heteroatoms. The maximum Gasteiger partial charge on any atom is 0.0591 e. The fourth-order valence-electron chi connectivity index (χ4n) is 8.53. The quantitative estimate of drug-likeness (QED) is 0.572. The zero-order valence-corrected chi connectivity index (χ0v) is 19.3. The second-order valence-electron chi connectivity index (χ2n) is 12.4. The molecule has 3 saturated carbocycles. The van der Waals surface area contributed by atoms with Gasteiger partial charge in [0, 0.05) is 0 Å². The van der Waals surface area contributed by atoms with Gasteiger partial charge >= 0.3 is 0 Å². The van der Waals surface area contributed by atoms with Crippen molar-refractivity contribution in [1.29, 1.82) is 0 Å². The lowest BCUT2D eigenvalue weighted by atomic mass is 9.46. The van der Waals surface area contributed by atoms with Crippen LogP contribution in [0.15, 0.2) is 11.6 Å². The highest BCUT2D eigenvalue weighted by Gasteiger charge is 2.62. The predicted molar refractivity (Wildman–Crippen MR) is 117 cm³/mol. The van der Waals surface area contributed by atoms with Crippen molar-refractivity contribution >= 4 is 0 Å². The van der Waals surface area contributed by atoms with E-state index in [4.69, 9.17) is 0 Å². The highest BCUT2D eigenvalue weighted by Crippen LogP contribution is 2.67. The molecule has 0 spiro atoms. The van der Waals surface area contributed by atoms with Gasteiger partial charge in [-0.3, -0.25) is 0 Å². The van der Waals surface area contributed by atoms with Gasteiger partial charge in [0.15, 0.2) is 0 Å². The van der Waals surface area contributed by atoms with Crippen LogP contribution in [0.1, 0.15) is 92.4 Å². The maximum atomic E-state index is 11.5. The number of allylic oxidation sites excluding steroid dienone is 1. The first-order valence-electron chi connectivity index (χ1n) is 12.2. The molecule has 3 nitrogen and oxygen atoms in total. The molecule has 0 heterocycles. The Morgan fingerprint density at radius 2 is 1.90 bits per heavy atom. The van der Waals surface area contributed by atoms with Crippen molar-refractivity contribution < 1.29 is 15.3 Å². The molecule has 0 bridgehead atoms. The van der Waals surface area contributed by atoms with Crippen LogP contribution >= 0.6 is 0 Å². The van der Waals surface area contributed by atoms with Gasteiger partial charge < -0.3 is 15.3 Å². The van der Waals surface area contributed by atoms with E-state index in [0.29, 0.717) is 29.6 Å². The molecule has 4 aliphatic carbocycles. The number of hydrogen-bond donors (Lipinski definition) is 3. The normalized spacial score (nSPS) is 48.3. The van der Waals surface area contributed by atoms with E-state index in [0.717, 1.165) is 44.9 Å². The molecule has 3 N–H and O–H groups in total. The van der Waals surface area contributed by atoms with Crippen molar-refractivity contribution in [2.75, 3.05) is 0 Å². The Bertz CT molecular complexity index is 649. The summed E-state index contributed by atoms with van der Waals surface area (Å²) >= 11 is 0. The number of fused-ring (bicyclic) bond motifs is 5. The molecule has 4 rings (SSSR count). The van der Waals surface area contributed by atoms with E-state index >= 15 is 0 Å². The van der Waals surface area contributed by atoms with E-state index in [1.54, 1.807) is 0 Å². The third-order valence-corrected chi connectivity index (χ3v) is 9.98. The highest BCUT2D eigenvalue weighted by molar-refractivity contribution is 5.26. The molecule has 0 amide bonds. The Balaban J connectivity index is 1.57. The Kier molecular flexibility index (Phi) is 5.53. The van der Waals surface area contributed by atoms with Crippen LogP contribution < -0.4 is 0 Å². The van der Waals surface area contributed by atoms with E-state index in [2.05, 4.69) is 26.8 Å². The van der Waals surface area contributed by atoms with E-state index in [1.165, 1.54) is 18.4 Å². The van der Waals surface area contributed by atoms with Gasteiger partial charge in [-0.2, -0.15) is 0 Å². The topological polar surface area (TPSA) is 60.7 Å². The fraction of sp³-hybridized carbons (Fsp3) is 0.923. The van der Waals surface area contributed by atoms with Crippen molar-refractivity contribution in [1.82, 2.24) is 0 Å². The summed E-state index contributed by atoms with van der Waals surface area (Å²) in [7, 11) is 0. The number of hydrogen-bond acceptors (Lipinski definition) is 3. The van der Waals surface area contributed by atoms with Crippen LogP contribution in [0.4, 0.5) is 0 Å². The molecule has 1 unspecified atom stereocenters. The minimum atomic E-state index is -0.588. The van der Waals surface area contributed by atoms with Crippen LogP contribution in [0.5, 0.6) is 0 Å². The Morgan fingerprint density at radius 1 is 1.17 bits per heavy atom. The zero-order valence-electron chi connectivity index (χ0n) is 19.3. The molecule has 0 saturated heterocycles. The third kappa shape index (κ3) is 3.64. The van der Waals surface area contributed by atoms with E-state index in [1.807, 2.05) is 13.8 Å². The van der Waals surface area contributed by atoms with Crippen LogP contribution in [0.2, 0.25) is 0 Å². The molecule has 0 aromatic carbocycles. The van der Waals surface area contributed by atoms with Gasteiger partial charge in [-0.15, -0.1) is 0 Å². The Labute approximate surface area is 178 Å². The largest absolute Gasteiger partial charge is 0.393 e. The van der Waals surface area contributed by atoms with Gasteiger partial charge in [0.25, 0.3) is 0 Å². The number of aliphatic hydroxyl groups excluding tert-OH is 2. The van der Waals surface area contributed by atoms with Gasteiger partial charge in [-0.05, 0) is 112 Å². The molecule has 0 radical (unpaired) electrons. The lowest BCUT2D eigenvalue weighted by Crippen LogP contribution is -2.56. The molecule has 29 heavy (non-hydrogen) atoms. The standard InChI is InChI=1S/C26H44O3/c1-16(10-12-24(2,3)29)20-8-9-21-19-7-6-17-14-18(27)11-13-25(17,4)23(19)22(28)15-26(20,21)5/h6,16,18-23,27-29H,7-15H2,1-5H3/t16-,18+,19+,20-,21?,22+,23-,25+,26-/m1/s1. The minimum Gasteiger partial charge on any atom is -0.393 e. The second kappa shape index (κ2) is 7.35. The summed E-state index contributed by atoms with van der Waals surface area (Å²) in [5.74, 6) is 2.89. The van der Waals surface area contributed by atoms with Gasteiger partial charge in [0.1, 0.15) is 0 Å².